The van der Waals surface area contributed by atoms with Gasteiger partial charge in [-0.1, -0.05) is 121 Å². The minimum atomic E-state index is -5.70. The van der Waals surface area contributed by atoms with E-state index in [-0.39, 0.29) is 25.1 Å². The Labute approximate surface area is 430 Å². The molecule has 73 heavy (non-hydrogen) atoms. The van der Waals surface area contributed by atoms with Crippen LogP contribution in [0, 0.1) is 11.8 Å². The topological polar surface area (TPSA) is 326 Å². The highest BCUT2D eigenvalue weighted by Gasteiger charge is 2.45. The number of aliphatic hydroxyl groups excluding tert-OH is 5. The lowest BCUT2D eigenvalue weighted by molar-refractivity contribution is -0.195. The van der Waals surface area contributed by atoms with Crippen molar-refractivity contribution in [3.63, 3.8) is 0 Å². The van der Waals surface area contributed by atoms with E-state index in [0.29, 0.717) is 44.9 Å². The number of carbonyl (C=O) groups excluding carboxylic acids is 2. The normalized spacial score (nSPS) is 30.5. The zero-order valence-electron chi connectivity index (χ0n) is 42.8. The van der Waals surface area contributed by atoms with Crippen LogP contribution in [0.5, 0.6) is 0 Å². The van der Waals surface area contributed by atoms with Gasteiger partial charge in [0.05, 0.1) is 37.6 Å². The Balaban J connectivity index is 1.80. The van der Waals surface area contributed by atoms with Crippen LogP contribution < -0.4 is 11.4 Å². The molecule has 2 unspecified atom stereocenters. The summed E-state index contributed by atoms with van der Waals surface area (Å²) in [6.07, 6.45) is 14.3. The van der Waals surface area contributed by atoms with Crippen LogP contribution in [0.15, 0.2) is 53.5 Å². The summed E-state index contributed by atoms with van der Waals surface area (Å²) in [5.74, 6) is -4.02. The van der Waals surface area contributed by atoms with Crippen LogP contribution in [-0.4, -0.2) is 119 Å². The second-order valence-corrected chi connectivity index (χ2v) is 22.0. The summed E-state index contributed by atoms with van der Waals surface area (Å²) >= 11 is 0. The van der Waals surface area contributed by atoms with E-state index in [9.17, 15) is 58.8 Å². The largest absolute Gasteiger partial charge is 0.481 e. The second kappa shape index (κ2) is 35.2. The predicted octanol–water partition coefficient (Wildman–Crippen LogP) is 7.16. The van der Waals surface area contributed by atoms with Crippen LogP contribution in [0.1, 0.15) is 168 Å². The van der Waals surface area contributed by atoms with Crippen molar-refractivity contribution in [1.82, 2.24) is 9.55 Å². The van der Waals surface area contributed by atoms with Crippen molar-refractivity contribution in [2.24, 2.45) is 11.8 Å². The molecule has 2 bridgehead atoms. The molecule has 0 amide bonds. The van der Waals surface area contributed by atoms with Gasteiger partial charge in [0.1, 0.15) is 30.9 Å². The molecule has 0 aliphatic carbocycles. The fraction of sp³-hybridized carbons (Fsp3) is 0.760. The van der Waals surface area contributed by atoms with Crippen molar-refractivity contribution >= 4 is 33.4 Å². The number of nitrogens with two attached hydrogens (primary N) is 1. The van der Waals surface area contributed by atoms with Crippen molar-refractivity contribution in [2.45, 2.75) is 210 Å². The summed E-state index contributed by atoms with van der Waals surface area (Å²) in [4.78, 5) is 64.3. The molecule has 9 N–H and O–H groups in total. The third-order valence-electron chi connectivity index (χ3n) is 12.8. The quantitative estimate of drug-likeness (QED) is 0.0247. The van der Waals surface area contributed by atoms with E-state index >= 15 is 0 Å². The molecule has 2 fully saturated rings. The van der Waals surface area contributed by atoms with Crippen molar-refractivity contribution < 1.29 is 81.6 Å². The number of allylic oxidation sites excluding steroid dienone is 4. The first kappa shape index (κ1) is 64.1. The number of carbonyl (C=O) groups is 2. The van der Waals surface area contributed by atoms with E-state index in [0.717, 1.165) is 62.4 Å². The number of nitrogens with zero attached hydrogens (tertiary/aromatic N) is 2. The molecule has 21 nitrogen and oxygen atoms in total. The van der Waals surface area contributed by atoms with Crippen LogP contribution in [0.4, 0.5) is 5.82 Å². The Bertz CT molecular complexity index is 1990. The number of aromatic nitrogens is 2. The fourth-order valence-corrected chi connectivity index (χ4v) is 10.7. The molecule has 1 aromatic heterocycles. The van der Waals surface area contributed by atoms with E-state index < -0.39 is 120 Å². The average molecular weight is 1080 g/mol. The molecule has 3 rings (SSSR count). The molecular weight excluding hydrogens is 993 g/mol. The number of phosphoric ester groups is 2. The Kier molecular flexibility index (Phi) is 31.0. The lowest BCUT2D eigenvalue weighted by Gasteiger charge is -2.41. The fourth-order valence-electron chi connectivity index (χ4n) is 8.59. The summed E-state index contributed by atoms with van der Waals surface area (Å²) in [6, 6.07) is 1.26. The lowest BCUT2D eigenvalue weighted by Crippen LogP contribution is -2.52. The van der Waals surface area contributed by atoms with E-state index in [4.69, 9.17) is 29.0 Å². The number of anilines is 1. The summed E-state index contributed by atoms with van der Waals surface area (Å²) in [5, 5.41) is 57.5. The van der Waals surface area contributed by atoms with E-state index in [1.807, 2.05) is 6.92 Å². The molecule has 418 valence electrons. The number of unbranched alkanes of at least 4 members (excludes halogenated alkanes) is 10. The highest BCUT2D eigenvalue weighted by molar-refractivity contribution is 7.61. The Hall–Kier alpha value is -3.14. The standard InChI is InChI=1S/C50H85N3O18P2/c1-3-5-7-8-9-10-11-12-13-14-15-16-17-18-24-28-46(58)69-38-34-66-45(57)27-23-20-19-22-26-40-42(56)33-41(55)39(30-29-37(54)25-21-6-4-2)47(59)48(60)43(36-68-73(64,65)71-72(62,63)67-35-38)70-49(40)53-32-31-44(51)52-50(53)61/h9-10,12-13,29-32,37-43,47-49,54-56,59-60H,3-8,11,14-28,33-36H2,1-2H3,(H,62,63)(H,64,65)(H2,51,52,61)/b10-9-,13-12-,30-29+/t37-,38+,39-,40-,41+,42-,43+,47-,48+,49+/m0/s1. The van der Waals surface area contributed by atoms with Gasteiger partial charge in [-0.25, -0.2) is 13.9 Å². The number of ether oxygens (including phenoxy) is 3. The van der Waals surface area contributed by atoms with E-state index in [1.54, 1.807) is 0 Å². The Morgan fingerprint density at radius 1 is 0.836 bits per heavy atom. The van der Waals surface area contributed by atoms with Crippen molar-refractivity contribution in [3.8, 4) is 0 Å². The molecule has 12 atom stereocenters. The number of cyclic esters (lactones) is 1. The van der Waals surface area contributed by atoms with Crippen LogP contribution in [-0.2, 0) is 46.3 Å². The molecule has 3 heterocycles. The maximum atomic E-state index is 13.4. The summed E-state index contributed by atoms with van der Waals surface area (Å²) in [6.45, 7) is 1.49. The van der Waals surface area contributed by atoms with Crippen LogP contribution in [0.3, 0.4) is 0 Å². The second-order valence-electron chi connectivity index (χ2n) is 19.0. The average Bonchev–Trinajstić information content (AvgIpc) is 3.33. The SMILES string of the molecule is CCCCC/C=C\C/C=C\CCCCCCCC(=O)O[C@@H]1COC(=O)CCCCCC[C@@H]2[C@H](n3ccc(N)nc3=O)O[C@H](COP(=O)(O)OP(=O)(O)OC1)[C@@H](O)[C@@H](O)[C@@H](/C=C/[C@@H](O)CCCCC)[C@H](O)C[C@@H]2O. The number of esters is 2. The molecule has 1 aromatic rings. The first-order valence-corrected chi connectivity index (χ1v) is 29.2. The minimum Gasteiger partial charge on any atom is -0.462 e. The van der Waals surface area contributed by atoms with Gasteiger partial charge < -0.3 is 55.3 Å². The number of rotatable bonds is 22. The third kappa shape index (κ3) is 26.0. The van der Waals surface area contributed by atoms with Gasteiger partial charge in [0.15, 0.2) is 6.10 Å². The van der Waals surface area contributed by atoms with Crippen molar-refractivity contribution in [3.05, 3.63) is 59.2 Å². The van der Waals surface area contributed by atoms with Gasteiger partial charge >= 0.3 is 33.3 Å². The Morgan fingerprint density at radius 3 is 2.18 bits per heavy atom. The van der Waals surface area contributed by atoms with Crippen LogP contribution in [0.25, 0.3) is 0 Å². The molecule has 2 aliphatic rings. The minimum absolute atomic E-state index is 0.00902. The van der Waals surface area contributed by atoms with Gasteiger partial charge in [-0.05, 0) is 63.9 Å². The number of phosphoric acid groups is 2. The zero-order chi connectivity index (χ0) is 53.7. The zero-order valence-corrected chi connectivity index (χ0v) is 44.6. The number of hydrogen-bond acceptors (Lipinski definition) is 18. The summed E-state index contributed by atoms with van der Waals surface area (Å²) in [7, 11) is -11.3. The molecule has 2 aliphatic heterocycles. The highest BCUT2D eigenvalue weighted by atomic mass is 31.3. The van der Waals surface area contributed by atoms with Gasteiger partial charge in [0.25, 0.3) is 0 Å². The molecule has 0 saturated carbocycles. The predicted molar refractivity (Wildman–Crippen MR) is 272 cm³/mol. The van der Waals surface area contributed by atoms with E-state index in [2.05, 4.69) is 40.5 Å². The smallest absolute Gasteiger partial charge is 0.462 e. The molecular formula is C50H85N3O18P2. The van der Waals surface area contributed by atoms with Crippen molar-refractivity contribution in [1.29, 1.82) is 0 Å². The van der Waals surface area contributed by atoms with Crippen molar-refractivity contribution in [2.75, 3.05) is 25.6 Å². The van der Waals surface area contributed by atoms with Gasteiger partial charge in [-0.2, -0.15) is 9.29 Å². The summed E-state index contributed by atoms with van der Waals surface area (Å²) < 4.78 is 59.2. The van der Waals surface area contributed by atoms with Crippen LogP contribution in [0.2, 0.25) is 0 Å². The van der Waals surface area contributed by atoms with Gasteiger partial charge in [-0.3, -0.25) is 23.2 Å². The highest BCUT2D eigenvalue weighted by Crippen LogP contribution is 2.60. The van der Waals surface area contributed by atoms with Crippen LogP contribution >= 0.6 is 15.6 Å². The number of hydrogen-bond donors (Lipinski definition) is 8. The molecule has 0 aromatic carbocycles. The number of nitrogen functional groups attached to an aromatic ring is 1. The molecule has 2 saturated heterocycles. The van der Waals surface area contributed by atoms with Gasteiger partial charge in [0.2, 0.25) is 0 Å². The first-order chi connectivity index (χ1) is 34.9. The Morgan fingerprint density at radius 2 is 1.48 bits per heavy atom. The first-order valence-electron chi connectivity index (χ1n) is 26.3. The number of fused-ring (bicyclic) bond motifs is 3. The van der Waals surface area contributed by atoms with Gasteiger partial charge in [0, 0.05) is 37.3 Å². The lowest BCUT2D eigenvalue weighted by atomic mass is 9.82. The number of aliphatic hydroxyl groups is 5. The van der Waals surface area contributed by atoms with Gasteiger partial charge in [-0.15, -0.1) is 0 Å². The maximum absolute atomic E-state index is 13.4. The monoisotopic (exact) mass is 1080 g/mol. The van der Waals surface area contributed by atoms with E-state index in [1.165, 1.54) is 43.7 Å². The summed E-state index contributed by atoms with van der Waals surface area (Å²) in [5.41, 5.74) is 4.81. The molecule has 23 heteroatoms. The maximum Gasteiger partial charge on any atom is 0.481 e. The molecule has 0 radical (unpaired) electrons. The third-order valence-corrected chi connectivity index (χ3v) is 15.4. The molecule has 0 spiro atoms.